The van der Waals surface area contributed by atoms with Gasteiger partial charge in [0.15, 0.2) is 5.96 Å². The van der Waals surface area contributed by atoms with Crippen LogP contribution in [0.5, 0.6) is 0 Å². The number of amides is 3. The summed E-state index contributed by atoms with van der Waals surface area (Å²) in [5.74, 6) is -4.90. The summed E-state index contributed by atoms with van der Waals surface area (Å²) in [5.41, 5.74) is 21.5. The Kier molecular flexibility index (Phi) is 15.4. The molecule has 0 aliphatic heterocycles. The quantitative estimate of drug-likeness (QED) is 0.0514. The number of aliphatic imine (C=N–C) groups is 1. The van der Waals surface area contributed by atoms with E-state index in [1.807, 2.05) is 0 Å². The first-order valence-corrected chi connectivity index (χ1v) is 11.3. The Morgan fingerprint density at radius 1 is 0.800 bits per heavy atom. The zero-order valence-corrected chi connectivity index (χ0v) is 19.9. The van der Waals surface area contributed by atoms with Gasteiger partial charge in [-0.2, -0.15) is 0 Å². The van der Waals surface area contributed by atoms with Crippen LogP contribution in [-0.2, 0) is 24.0 Å². The number of aliphatic carboxylic acids is 2. The van der Waals surface area contributed by atoms with Crippen LogP contribution in [0.25, 0.3) is 0 Å². The average Bonchev–Trinajstić information content (AvgIpc) is 2.76. The van der Waals surface area contributed by atoms with E-state index in [-0.39, 0.29) is 38.2 Å². The van der Waals surface area contributed by atoms with Crippen LogP contribution < -0.4 is 38.9 Å². The summed E-state index contributed by atoms with van der Waals surface area (Å²) in [4.78, 5) is 64.0. The van der Waals surface area contributed by atoms with Gasteiger partial charge in [-0.15, -0.1) is 0 Å². The lowest BCUT2D eigenvalue weighted by Crippen LogP contribution is -2.57. The topological polar surface area (TPSA) is 278 Å². The monoisotopic (exact) mass is 502 g/mol. The fourth-order valence-corrected chi connectivity index (χ4v) is 2.91. The molecule has 0 bridgehead atoms. The number of rotatable bonds is 18. The third-order valence-corrected chi connectivity index (χ3v) is 4.83. The van der Waals surface area contributed by atoms with Gasteiger partial charge in [0.25, 0.3) is 0 Å². The first-order valence-electron chi connectivity index (χ1n) is 11.3. The van der Waals surface area contributed by atoms with E-state index in [0.29, 0.717) is 19.4 Å². The Morgan fingerprint density at radius 2 is 1.31 bits per heavy atom. The van der Waals surface area contributed by atoms with Crippen molar-refractivity contribution in [1.29, 1.82) is 0 Å². The second-order valence-electron chi connectivity index (χ2n) is 7.98. The van der Waals surface area contributed by atoms with Crippen molar-refractivity contribution in [2.45, 2.75) is 76.0 Å². The second kappa shape index (κ2) is 17.0. The first kappa shape index (κ1) is 31.5. The van der Waals surface area contributed by atoms with Crippen LogP contribution in [0.2, 0.25) is 0 Å². The molecule has 4 atom stereocenters. The molecule has 0 saturated heterocycles. The van der Waals surface area contributed by atoms with Crippen LogP contribution in [0.15, 0.2) is 4.99 Å². The SMILES string of the molecule is CC(N)C(=O)NC(CCCCN)C(=O)NC(CCC(=O)O)C(=O)NC(CCCN=C(N)N)C(=O)O. The number of hydrogen-bond donors (Lipinski definition) is 9. The Bertz CT molecular complexity index is 756. The number of carbonyl (C=O) groups is 5. The normalized spacial score (nSPS) is 14.0. The molecular weight excluding hydrogens is 464 g/mol. The van der Waals surface area contributed by atoms with Crippen molar-refractivity contribution in [3.63, 3.8) is 0 Å². The molecule has 0 fully saturated rings. The summed E-state index contributed by atoms with van der Waals surface area (Å²) in [6.07, 6.45) is 0.751. The number of guanidine groups is 1. The molecule has 15 heteroatoms. The zero-order valence-electron chi connectivity index (χ0n) is 19.9. The summed E-state index contributed by atoms with van der Waals surface area (Å²) in [7, 11) is 0. The van der Waals surface area contributed by atoms with Crippen LogP contribution >= 0.6 is 0 Å². The van der Waals surface area contributed by atoms with Crippen LogP contribution in [-0.4, -0.2) is 83.1 Å². The van der Waals surface area contributed by atoms with E-state index in [4.69, 9.17) is 28.0 Å². The molecule has 200 valence electrons. The molecule has 4 unspecified atom stereocenters. The molecule has 0 radical (unpaired) electrons. The molecule has 0 heterocycles. The van der Waals surface area contributed by atoms with Crippen LogP contribution in [0.4, 0.5) is 0 Å². The number of nitrogens with two attached hydrogens (primary N) is 4. The standard InChI is InChI=1S/C20H38N8O7/c1-11(22)16(31)26-12(5-2-3-9-21)17(32)27-13(7-8-15(29)30)18(33)28-14(19(34)35)6-4-10-25-20(23)24/h11-14H,2-10,21-22H2,1H3,(H,26,31)(H,27,32)(H,28,33)(H,29,30)(H,34,35)(H4,23,24,25). The molecule has 0 spiro atoms. The third-order valence-electron chi connectivity index (χ3n) is 4.83. The van der Waals surface area contributed by atoms with Gasteiger partial charge in [-0.1, -0.05) is 0 Å². The van der Waals surface area contributed by atoms with E-state index in [9.17, 15) is 29.1 Å². The van der Waals surface area contributed by atoms with Crippen molar-refractivity contribution in [3.05, 3.63) is 0 Å². The van der Waals surface area contributed by atoms with Gasteiger partial charge in [-0.3, -0.25) is 24.2 Å². The van der Waals surface area contributed by atoms with Crippen molar-refractivity contribution in [3.8, 4) is 0 Å². The maximum absolute atomic E-state index is 12.9. The molecule has 0 aliphatic carbocycles. The third kappa shape index (κ3) is 14.4. The van der Waals surface area contributed by atoms with Crippen molar-refractivity contribution in [2.75, 3.05) is 13.1 Å². The highest BCUT2D eigenvalue weighted by atomic mass is 16.4. The molecule has 0 aromatic carbocycles. The van der Waals surface area contributed by atoms with Gasteiger partial charge in [0.1, 0.15) is 18.1 Å². The summed E-state index contributed by atoms with van der Waals surface area (Å²) >= 11 is 0. The lowest BCUT2D eigenvalue weighted by Gasteiger charge is -2.24. The van der Waals surface area contributed by atoms with Gasteiger partial charge in [-0.25, -0.2) is 4.79 Å². The minimum atomic E-state index is -1.36. The van der Waals surface area contributed by atoms with Crippen molar-refractivity contribution >= 4 is 35.6 Å². The van der Waals surface area contributed by atoms with Gasteiger partial charge >= 0.3 is 11.9 Å². The summed E-state index contributed by atoms with van der Waals surface area (Å²) in [6.45, 7) is 1.95. The van der Waals surface area contributed by atoms with E-state index in [0.717, 1.165) is 0 Å². The Hall–Kier alpha value is -3.46. The molecule has 15 nitrogen and oxygen atoms in total. The maximum atomic E-state index is 12.9. The van der Waals surface area contributed by atoms with Gasteiger partial charge in [-0.05, 0) is 52.0 Å². The fraction of sp³-hybridized carbons (Fsp3) is 0.700. The van der Waals surface area contributed by atoms with Crippen LogP contribution in [0.3, 0.4) is 0 Å². The number of unbranched alkanes of at least 4 members (excludes halogenated alkanes) is 1. The molecule has 0 aliphatic rings. The molecule has 13 N–H and O–H groups in total. The molecule has 0 rings (SSSR count). The van der Waals surface area contributed by atoms with Crippen molar-refractivity contribution in [1.82, 2.24) is 16.0 Å². The average molecular weight is 503 g/mol. The molecule has 3 amide bonds. The number of carboxylic acids is 2. The highest BCUT2D eigenvalue weighted by molar-refractivity contribution is 5.94. The molecule has 0 aromatic rings. The van der Waals surface area contributed by atoms with E-state index in [2.05, 4.69) is 20.9 Å². The largest absolute Gasteiger partial charge is 0.481 e. The molecular formula is C20H38N8O7. The van der Waals surface area contributed by atoms with E-state index < -0.39 is 60.2 Å². The van der Waals surface area contributed by atoms with E-state index in [1.54, 1.807) is 0 Å². The summed E-state index contributed by atoms with van der Waals surface area (Å²) in [6, 6.07) is -4.61. The van der Waals surface area contributed by atoms with Crippen LogP contribution in [0.1, 0.15) is 51.9 Å². The number of carbonyl (C=O) groups excluding carboxylic acids is 3. The summed E-state index contributed by atoms with van der Waals surface area (Å²) < 4.78 is 0. The van der Waals surface area contributed by atoms with Crippen LogP contribution in [0, 0.1) is 0 Å². The van der Waals surface area contributed by atoms with E-state index >= 15 is 0 Å². The Balaban J connectivity index is 5.45. The highest BCUT2D eigenvalue weighted by Crippen LogP contribution is 2.06. The number of hydrogen-bond acceptors (Lipinski definition) is 8. The predicted molar refractivity (Wildman–Crippen MR) is 127 cm³/mol. The van der Waals surface area contributed by atoms with E-state index in [1.165, 1.54) is 6.92 Å². The van der Waals surface area contributed by atoms with Gasteiger partial charge in [0.05, 0.1) is 6.04 Å². The molecule has 0 aromatic heterocycles. The lowest BCUT2D eigenvalue weighted by atomic mass is 10.0. The smallest absolute Gasteiger partial charge is 0.326 e. The van der Waals surface area contributed by atoms with Gasteiger partial charge < -0.3 is 49.1 Å². The van der Waals surface area contributed by atoms with Gasteiger partial charge in [0, 0.05) is 13.0 Å². The fourth-order valence-electron chi connectivity index (χ4n) is 2.91. The number of nitrogens with one attached hydrogen (secondary N) is 3. The number of carboxylic acid groups (broad SMARTS) is 2. The Labute approximate surface area is 203 Å². The minimum Gasteiger partial charge on any atom is -0.481 e. The predicted octanol–water partition coefficient (Wildman–Crippen LogP) is -3.08. The maximum Gasteiger partial charge on any atom is 0.326 e. The van der Waals surface area contributed by atoms with Crippen molar-refractivity contribution in [2.24, 2.45) is 27.9 Å². The zero-order chi connectivity index (χ0) is 27.0. The molecule has 0 saturated carbocycles. The highest BCUT2D eigenvalue weighted by Gasteiger charge is 2.30. The lowest BCUT2D eigenvalue weighted by molar-refractivity contribution is -0.143. The minimum absolute atomic E-state index is 0.0103. The Morgan fingerprint density at radius 3 is 1.80 bits per heavy atom. The molecule has 35 heavy (non-hydrogen) atoms. The summed E-state index contributed by atoms with van der Waals surface area (Å²) in [5, 5.41) is 25.7. The first-order chi connectivity index (χ1) is 16.4. The second-order valence-corrected chi connectivity index (χ2v) is 7.98. The number of nitrogens with zero attached hydrogens (tertiary/aromatic N) is 1. The van der Waals surface area contributed by atoms with Gasteiger partial charge in [0.2, 0.25) is 17.7 Å². The van der Waals surface area contributed by atoms with Crippen molar-refractivity contribution < 1.29 is 34.2 Å².